The Labute approximate surface area is 77.8 Å². The van der Waals surface area contributed by atoms with Crippen LogP contribution in [0.25, 0.3) is 0 Å². The van der Waals surface area contributed by atoms with Gasteiger partial charge < -0.3 is 14.6 Å². The van der Waals surface area contributed by atoms with E-state index in [4.69, 9.17) is 14.6 Å². The highest BCUT2D eigenvalue weighted by molar-refractivity contribution is 5.67. The van der Waals surface area contributed by atoms with Crippen LogP contribution >= 0.6 is 0 Å². The first-order valence-corrected chi connectivity index (χ1v) is 4.65. The molecule has 1 saturated heterocycles. The Morgan fingerprint density at radius 1 is 1.69 bits per heavy atom. The van der Waals surface area contributed by atoms with Crippen LogP contribution in [0.5, 0.6) is 0 Å². The number of rotatable bonds is 4. The second-order valence-corrected chi connectivity index (χ2v) is 3.22. The minimum absolute atomic E-state index is 0.0325. The Balaban J connectivity index is 2.41. The molecular formula is C9H16O4. The van der Waals surface area contributed by atoms with E-state index in [9.17, 15) is 4.79 Å². The number of aliphatic carboxylic acids is 1. The van der Waals surface area contributed by atoms with Crippen molar-refractivity contribution in [2.75, 3.05) is 19.8 Å². The van der Waals surface area contributed by atoms with Gasteiger partial charge in [-0.25, -0.2) is 0 Å². The topological polar surface area (TPSA) is 55.8 Å². The van der Waals surface area contributed by atoms with Crippen molar-refractivity contribution in [3.63, 3.8) is 0 Å². The lowest BCUT2D eigenvalue weighted by Gasteiger charge is -2.30. The van der Waals surface area contributed by atoms with Crippen molar-refractivity contribution in [3.05, 3.63) is 0 Å². The summed E-state index contributed by atoms with van der Waals surface area (Å²) in [5.41, 5.74) is 0. The number of carbonyl (C=O) groups is 1. The maximum Gasteiger partial charge on any atom is 0.303 e. The molecule has 4 nitrogen and oxygen atoms in total. The van der Waals surface area contributed by atoms with Gasteiger partial charge in [0, 0.05) is 13.2 Å². The Bertz CT molecular complexity index is 167. The van der Waals surface area contributed by atoms with Crippen molar-refractivity contribution in [1.82, 2.24) is 0 Å². The molecule has 13 heavy (non-hydrogen) atoms. The Hall–Kier alpha value is -0.610. The van der Waals surface area contributed by atoms with E-state index in [2.05, 4.69) is 0 Å². The zero-order valence-corrected chi connectivity index (χ0v) is 7.86. The molecule has 4 heteroatoms. The molecule has 1 fully saturated rings. The molecule has 1 aliphatic heterocycles. The lowest BCUT2D eigenvalue weighted by Crippen LogP contribution is -2.36. The first kappa shape index (κ1) is 10.5. The second-order valence-electron chi connectivity index (χ2n) is 3.22. The maximum absolute atomic E-state index is 10.5. The molecule has 0 amide bonds. The largest absolute Gasteiger partial charge is 0.481 e. The molecule has 0 aromatic rings. The van der Waals surface area contributed by atoms with Crippen molar-refractivity contribution in [3.8, 4) is 0 Å². The minimum Gasteiger partial charge on any atom is -0.481 e. The summed E-state index contributed by atoms with van der Waals surface area (Å²) < 4.78 is 10.6. The van der Waals surface area contributed by atoms with Gasteiger partial charge in [0.15, 0.2) is 0 Å². The van der Waals surface area contributed by atoms with Crippen molar-refractivity contribution >= 4 is 5.97 Å². The average Bonchev–Trinajstić information content (AvgIpc) is 2.08. The van der Waals surface area contributed by atoms with Gasteiger partial charge in [-0.3, -0.25) is 4.79 Å². The van der Waals surface area contributed by atoms with Crippen molar-refractivity contribution in [1.29, 1.82) is 0 Å². The van der Waals surface area contributed by atoms with Crippen molar-refractivity contribution < 1.29 is 19.4 Å². The summed E-state index contributed by atoms with van der Waals surface area (Å²) in [7, 11) is 0. The van der Waals surface area contributed by atoms with Crippen LogP contribution in [-0.2, 0) is 14.3 Å². The van der Waals surface area contributed by atoms with Crippen LogP contribution < -0.4 is 0 Å². The normalized spacial score (nSPS) is 28.7. The number of carboxylic acids is 1. The Kier molecular flexibility index (Phi) is 4.18. The lowest BCUT2D eigenvalue weighted by molar-refractivity contribution is -0.143. The van der Waals surface area contributed by atoms with E-state index in [1.54, 1.807) is 0 Å². The highest BCUT2D eigenvalue weighted by Crippen LogP contribution is 2.21. The molecule has 0 unspecified atom stereocenters. The van der Waals surface area contributed by atoms with Crippen LogP contribution in [0.3, 0.4) is 0 Å². The maximum atomic E-state index is 10.5. The zero-order chi connectivity index (χ0) is 9.68. The number of hydrogen-bond acceptors (Lipinski definition) is 3. The van der Waals surface area contributed by atoms with Gasteiger partial charge in [0.25, 0.3) is 0 Å². The SMILES string of the molecule is CCO[C@@H]1COCC[C@@H]1CC(=O)O. The summed E-state index contributed by atoms with van der Waals surface area (Å²) in [5.74, 6) is -0.636. The van der Waals surface area contributed by atoms with E-state index in [0.29, 0.717) is 19.8 Å². The third-order valence-corrected chi connectivity index (χ3v) is 2.26. The summed E-state index contributed by atoms with van der Waals surface area (Å²) >= 11 is 0. The van der Waals surface area contributed by atoms with Crippen LogP contribution in [-0.4, -0.2) is 37.0 Å². The van der Waals surface area contributed by atoms with Gasteiger partial charge in [-0.05, 0) is 19.3 Å². The summed E-state index contributed by atoms with van der Waals surface area (Å²) in [6, 6.07) is 0. The second kappa shape index (κ2) is 5.19. The van der Waals surface area contributed by atoms with E-state index in [0.717, 1.165) is 6.42 Å². The Morgan fingerprint density at radius 2 is 2.46 bits per heavy atom. The molecule has 0 radical (unpaired) electrons. The van der Waals surface area contributed by atoms with Gasteiger partial charge >= 0.3 is 5.97 Å². The van der Waals surface area contributed by atoms with E-state index < -0.39 is 5.97 Å². The third kappa shape index (κ3) is 3.32. The third-order valence-electron chi connectivity index (χ3n) is 2.26. The first-order valence-electron chi connectivity index (χ1n) is 4.65. The molecule has 76 valence electrons. The summed E-state index contributed by atoms with van der Waals surface area (Å²) in [6.45, 7) is 3.71. The molecule has 0 bridgehead atoms. The highest BCUT2D eigenvalue weighted by atomic mass is 16.5. The molecule has 1 aliphatic rings. The van der Waals surface area contributed by atoms with Crippen LogP contribution in [0.1, 0.15) is 19.8 Å². The molecular weight excluding hydrogens is 172 g/mol. The first-order chi connectivity index (χ1) is 6.24. The molecule has 1 heterocycles. The predicted molar refractivity (Wildman–Crippen MR) is 46.6 cm³/mol. The van der Waals surface area contributed by atoms with Gasteiger partial charge in [-0.15, -0.1) is 0 Å². The molecule has 0 aromatic heterocycles. The van der Waals surface area contributed by atoms with E-state index >= 15 is 0 Å². The summed E-state index contributed by atoms with van der Waals surface area (Å²) in [6.07, 6.45) is 0.945. The van der Waals surface area contributed by atoms with Crippen LogP contribution in [0.15, 0.2) is 0 Å². The smallest absolute Gasteiger partial charge is 0.303 e. The van der Waals surface area contributed by atoms with Crippen molar-refractivity contribution in [2.45, 2.75) is 25.9 Å². The molecule has 0 saturated carbocycles. The quantitative estimate of drug-likeness (QED) is 0.712. The molecule has 1 rings (SSSR count). The minimum atomic E-state index is -0.753. The van der Waals surface area contributed by atoms with Crippen molar-refractivity contribution in [2.24, 2.45) is 5.92 Å². The molecule has 0 aromatic carbocycles. The van der Waals surface area contributed by atoms with Crippen LogP contribution in [0.2, 0.25) is 0 Å². The molecule has 1 N–H and O–H groups in total. The monoisotopic (exact) mass is 188 g/mol. The molecule has 0 aliphatic carbocycles. The fourth-order valence-electron chi connectivity index (χ4n) is 1.61. The fourth-order valence-corrected chi connectivity index (χ4v) is 1.61. The van der Waals surface area contributed by atoms with E-state index in [-0.39, 0.29) is 18.4 Å². The fraction of sp³-hybridized carbons (Fsp3) is 0.889. The Morgan fingerprint density at radius 3 is 3.08 bits per heavy atom. The van der Waals surface area contributed by atoms with E-state index in [1.807, 2.05) is 6.92 Å². The highest BCUT2D eigenvalue weighted by Gasteiger charge is 2.27. The molecule has 2 atom stereocenters. The van der Waals surface area contributed by atoms with Gasteiger partial charge in [-0.2, -0.15) is 0 Å². The standard InChI is InChI=1S/C9H16O4/c1-2-13-8-6-12-4-3-7(8)5-9(10)11/h7-8H,2-6H2,1H3,(H,10,11)/t7-,8-/m1/s1. The van der Waals surface area contributed by atoms with Gasteiger partial charge in [0.2, 0.25) is 0 Å². The lowest BCUT2D eigenvalue weighted by atomic mass is 9.94. The van der Waals surface area contributed by atoms with E-state index in [1.165, 1.54) is 0 Å². The zero-order valence-electron chi connectivity index (χ0n) is 7.86. The van der Waals surface area contributed by atoms with Gasteiger partial charge in [-0.1, -0.05) is 0 Å². The summed E-state index contributed by atoms with van der Waals surface area (Å²) in [4.78, 5) is 10.5. The summed E-state index contributed by atoms with van der Waals surface area (Å²) in [5, 5.41) is 8.66. The van der Waals surface area contributed by atoms with Gasteiger partial charge in [0.1, 0.15) is 0 Å². The number of carboxylic acid groups (broad SMARTS) is 1. The van der Waals surface area contributed by atoms with Crippen LogP contribution in [0.4, 0.5) is 0 Å². The number of hydrogen-bond donors (Lipinski definition) is 1. The average molecular weight is 188 g/mol. The number of ether oxygens (including phenoxy) is 2. The van der Waals surface area contributed by atoms with Gasteiger partial charge in [0.05, 0.1) is 19.1 Å². The van der Waals surface area contributed by atoms with Crippen LogP contribution in [0, 0.1) is 5.92 Å². The predicted octanol–water partition coefficient (Wildman–Crippen LogP) is 0.903. The molecule has 0 spiro atoms.